The highest BCUT2D eigenvalue weighted by atomic mass is 19.1. The van der Waals surface area contributed by atoms with Gasteiger partial charge in [0, 0.05) is 31.3 Å². The molecule has 1 atom stereocenters. The number of ether oxygens (including phenoxy) is 1. The van der Waals surface area contributed by atoms with Crippen LogP contribution in [0.15, 0.2) is 24.3 Å². The van der Waals surface area contributed by atoms with E-state index in [9.17, 15) is 14.0 Å². The van der Waals surface area contributed by atoms with Gasteiger partial charge in [-0.15, -0.1) is 0 Å². The highest BCUT2D eigenvalue weighted by Crippen LogP contribution is 2.18. The number of piperidine rings is 1. The van der Waals surface area contributed by atoms with E-state index in [4.69, 9.17) is 4.74 Å². The Morgan fingerprint density at radius 3 is 2.43 bits per heavy atom. The molecule has 2 saturated heterocycles. The van der Waals surface area contributed by atoms with Gasteiger partial charge in [0.05, 0.1) is 0 Å². The molecular weight excluding hydrogens is 299 g/mol. The summed E-state index contributed by atoms with van der Waals surface area (Å²) in [4.78, 5) is 26.2. The number of carbonyl (C=O) groups is 2. The molecule has 124 valence electrons. The Balaban J connectivity index is 1.48. The third kappa shape index (κ3) is 3.88. The Morgan fingerprint density at radius 2 is 1.83 bits per heavy atom. The second kappa shape index (κ2) is 7.08. The smallest absolute Gasteiger partial charge is 0.251 e. The van der Waals surface area contributed by atoms with Crippen molar-refractivity contribution in [3.63, 3.8) is 0 Å². The molecule has 5 nitrogen and oxygen atoms in total. The van der Waals surface area contributed by atoms with Crippen molar-refractivity contribution in [2.45, 2.75) is 37.8 Å². The van der Waals surface area contributed by atoms with Gasteiger partial charge >= 0.3 is 0 Å². The van der Waals surface area contributed by atoms with Gasteiger partial charge in [0.25, 0.3) is 11.8 Å². The van der Waals surface area contributed by atoms with Crippen LogP contribution in [0, 0.1) is 5.82 Å². The average molecular weight is 320 g/mol. The first-order valence-corrected chi connectivity index (χ1v) is 8.10. The van der Waals surface area contributed by atoms with Gasteiger partial charge in [0.1, 0.15) is 11.9 Å². The van der Waals surface area contributed by atoms with Crippen LogP contribution in [-0.2, 0) is 9.53 Å². The fraction of sp³-hybridized carbons (Fsp3) is 0.529. The van der Waals surface area contributed by atoms with E-state index in [1.165, 1.54) is 24.3 Å². The zero-order chi connectivity index (χ0) is 16.2. The zero-order valence-electron chi connectivity index (χ0n) is 13.0. The van der Waals surface area contributed by atoms with Crippen LogP contribution in [0.4, 0.5) is 4.39 Å². The number of likely N-dealkylation sites (tertiary alicyclic amines) is 1. The van der Waals surface area contributed by atoms with Crippen LogP contribution in [0.5, 0.6) is 0 Å². The second-order valence-electron chi connectivity index (χ2n) is 6.08. The van der Waals surface area contributed by atoms with E-state index < -0.39 is 0 Å². The van der Waals surface area contributed by atoms with Crippen LogP contribution in [0.25, 0.3) is 0 Å². The van der Waals surface area contributed by atoms with Gasteiger partial charge in [-0.2, -0.15) is 0 Å². The van der Waals surface area contributed by atoms with Crippen molar-refractivity contribution in [3.05, 3.63) is 35.6 Å². The van der Waals surface area contributed by atoms with E-state index in [1.54, 1.807) is 0 Å². The molecule has 3 rings (SSSR count). The van der Waals surface area contributed by atoms with Crippen molar-refractivity contribution in [1.29, 1.82) is 0 Å². The molecule has 6 heteroatoms. The van der Waals surface area contributed by atoms with Crippen molar-refractivity contribution in [3.8, 4) is 0 Å². The van der Waals surface area contributed by atoms with Crippen LogP contribution >= 0.6 is 0 Å². The number of nitrogens with zero attached hydrogens (tertiary/aromatic N) is 1. The summed E-state index contributed by atoms with van der Waals surface area (Å²) in [7, 11) is 0. The molecule has 2 heterocycles. The normalized spacial score (nSPS) is 22.1. The lowest BCUT2D eigenvalue weighted by atomic mass is 10.0. The molecule has 1 N–H and O–H groups in total. The molecule has 1 aromatic rings. The van der Waals surface area contributed by atoms with Gasteiger partial charge in [-0.25, -0.2) is 4.39 Å². The molecule has 0 saturated carbocycles. The number of benzene rings is 1. The summed E-state index contributed by atoms with van der Waals surface area (Å²) in [5, 5.41) is 2.95. The molecule has 23 heavy (non-hydrogen) atoms. The number of hydrogen-bond donors (Lipinski definition) is 1. The monoisotopic (exact) mass is 320 g/mol. The van der Waals surface area contributed by atoms with E-state index in [2.05, 4.69) is 5.32 Å². The Kier molecular flexibility index (Phi) is 4.91. The molecule has 0 aromatic heterocycles. The number of rotatable bonds is 3. The highest BCUT2D eigenvalue weighted by molar-refractivity contribution is 5.94. The highest BCUT2D eigenvalue weighted by Gasteiger charge is 2.31. The number of carbonyl (C=O) groups excluding carboxylic acids is 2. The van der Waals surface area contributed by atoms with E-state index in [0.29, 0.717) is 25.3 Å². The fourth-order valence-corrected chi connectivity index (χ4v) is 3.09. The lowest BCUT2D eigenvalue weighted by molar-refractivity contribution is -0.142. The summed E-state index contributed by atoms with van der Waals surface area (Å²) in [5.41, 5.74) is 0.448. The maximum atomic E-state index is 12.9. The van der Waals surface area contributed by atoms with Crippen LogP contribution in [0.1, 0.15) is 36.0 Å². The molecule has 0 bridgehead atoms. The third-order valence-corrected chi connectivity index (χ3v) is 4.45. The molecule has 1 aromatic carbocycles. The topological polar surface area (TPSA) is 58.6 Å². The van der Waals surface area contributed by atoms with E-state index in [-0.39, 0.29) is 29.8 Å². The van der Waals surface area contributed by atoms with Crippen molar-refractivity contribution >= 4 is 11.8 Å². The van der Waals surface area contributed by atoms with Crippen molar-refractivity contribution < 1.29 is 18.7 Å². The summed E-state index contributed by atoms with van der Waals surface area (Å²) in [6.07, 6.45) is 2.93. The largest absolute Gasteiger partial charge is 0.368 e. The number of halogens is 1. The molecule has 2 amide bonds. The summed E-state index contributed by atoms with van der Waals surface area (Å²) in [6.45, 7) is 1.93. The van der Waals surface area contributed by atoms with E-state index in [1.807, 2.05) is 4.90 Å². The number of amides is 2. The van der Waals surface area contributed by atoms with Gasteiger partial charge < -0.3 is 15.0 Å². The predicted molar refractivity (Wildman–Crippen MR) is 82.4 cm³/mol. The first-order chi connectivity index (χ1) is 11.1. The minimum Gasteiger partial charge on any atom is -0.368 e. The van der Waals surface area contributed by atoms with Gasteiger partial charge in [0.2, 0.25) is 0 Å². The lowest BCUT2D eigenvalue weighted by Crippen LogP contribution is -2.49. The van der Waals surface area contributed by atoms with Gasteiger partial charge in [-0.3, -0.25) is 9.59 Å². The number of nitrogens with one attached hydrogen (secondary N) is 1. The third-order valence-electron chi connectivity index (χ3n) is 4.45. The van der Waals surface area contributed by atoms with Gasteiger partial charge in [0.15, 0.2) is 0 Å². The summed E-state index contributed by atoms with van der Waals surface area (Å²) in [5.74, 6) is -0.484. The van der Waals surface area contributed by atoms with E-state index >= 15 is 0 Å². The first kappa shape index (κ1) is 15.9. The summed E-state index contributed by atoms with van der Waals surface area (Å²) >= 11 is 0. The molecule has 0 unspecified atom stereocenters. The Bertz CT molecular complexity index is 562. The number of hydrogen-bond acceptors (Lipinski definition) is 3. The summed E-state index contributed by atoms with van der Waals surface area (Å²) in [6, 6.07) is 5.54. The molecule has 0 radical (unpaired) electrons. The average Bonchev–Trinajstić information content (AvgIpc) is 3.10. The minimum absolute atomic E-state index is 0.0427. The Morgan fingerprint density at radius 1 is 1.13 bits per heavy atom. The van der Waals surface area contributed by atoms with E-state index in [0.717, 1.165) is 25.7 Å². The first-order valence-electron chi connectivity index (χ1n) is 8.10. The molecule has 2 aliphatic heterocycles. The maximum Gasteiger partial charge on any atom is 0.251 e. The minimum atomic E-state index is -0.359. The van der Waals surface area contributed by atoms with Crippen molar-refractivity contribution in [1.82, 2.24) is 10.2 Å². The lowest BCUT2D eigenvalue weighted by Gasteiger charge is -2.33. The van der Waals surface area contributed by atoms with Crippen LogP contribution in [0.2, 0.25) is 0 Å². The van der Waals surface area contributed by atoms with Crippen molar-refractivity contribution in [2.24, 2.45) is 0 Å². The Labute approximate surface area is 134 Å². The maximum absolute atomic E-state index is 12.9. The standard InChI is InChI=1S/C17H21FN2O3/c18-13-5-3-12(4-6-13)16(21)19-14-7-9-20(10-8-14)17(22)15-2-1-11-23-15/h3-6,14-15H,1-2,7-11H2,(H,19,21)/t15-/m1/s1. The van der Waals surface area contributed by atoms with Crippen LogP contribution < -0.4 is 5.32 Å². The quantitative estimate of drug-likeness (QED) is 0.923. The van der Waals surface area contributed by atoms with Crippen molar-refractivity contribution in [2.75, 3.05) is 19.7 Å². The molecule has 2 aliphatic rings. The van der Waals surface area contributed by atoms with Gasteiger partial charge in [-0.05, 0) is 49.9 Å². The second-order valence-corrected chi connectivity index (χ2v) is 6.08. The fourth-order valence-electron chi connectivity index (χ4n) is 3.09. The molecule has 0 aliphatic carbocycles. The predicted octanol–water partition coefficient (Wildman–Crippen LogP) is 1.73. The zero-order valence-corrected chi connectivity index (χ0v) is 13.0. The van der Waals surface area contributed by atoms with Crippen LogP contribution in [-0.4, -0.2) is 48.6 Å². The molecule has 0 spiro atoms. The van der Waals surface area contributed by atoms with Gasteiger partial charge in [-0.1, -0.05) is 0 Å². The van der Waals surface area contributed by atoms with Crippen LogP contribution in [0.3, 0.4) is 0 Å². The SMILES string of the molecule is O=C(NC1CCN(C(=O)[C@H]2CCCO2)CC1)c1ccc(F)cc1. The summed E-state index contributed by atoms with van der Waals surface area (Å²) < 4.78 is 18.3. The Hall–Kier alpha value is -1.95. The molecule has 2 fully saturated rings. The molecular formula is C17H21FN2O3.